The van der Waals surface area contributed by atoms with Gasteiger partial charge in [-0.15, -0.1) is 0 Å². The van der Waals surface area contributed by atoms with Crippen LogP contribution in [0, 0.1) is 6.92 Å². The average molecular weight is 361 g/mol. The summed E-state index contributed by atoms with van der Waals surface area (Å²) in [4.78, 5) is 6.56. The first kappa shape index (κ1) is 18.7. The number of rotatable bonds is 6. The topological polar surface area (TPSA) is 45.5 Å². The molecule has 0 aliphatic rings. The molecule has 0 saturated heterocycles. The Morgan fingerprint density at radius 2 is 1.85 bits per heavy atom. The average Bonchev–Trinajstić information content (AvgIpc) is 3.16. The summed E-state index contributed by atoms with van der Waals surface area (Å²) in [7, 11) is 3.89. The Hall–Kier alpha value is -3.08. The molecular weight excluding hydrogens is 334 g/mol. The molecule has 1 N–H and O–H groups in total. The maximum Gasteiger partial charge on any atom is 0.193 e. The van der Waals surface area contributed by atoms with Crippen molar-refractivity contribution in [3.05, 3.63) is 83.7 Å². The van der Waals surface area contributed by atoms with Crippen molar-refractivity contribution < 1.29 is 0 Å². The van der Waals surface area contributed by atoms with Crippen LogP contribution in [-0.2, 0) is 13.0 Å². The van der Waals surface area contributed by atoms with Gasteiger partial charge >= 0.3 is 0 Å². The SMILES string of the molecule is CN=C(NCCc1cnn(-c2ccccc2)c1)N(C)Cc1ccccc1C. The Labute approximate surface area is 161 Å². The number of para-hydroxylation sites is 1. The van der Waals surface area contributed by atoms with Gasteiger partial charge in [0.2, 0.25) is 0 Å². The van der Waals surface area contributed by atoms with E-state index in [9.17, 15) is 0 Å². The van der Waals surface area contributed by atoms with Crippen molar-refractivity contribution in [1.29, 1.82) is 0 Å². The normalized spacial score (nSPS) is 11.4. The van der Waals surface area contributed by atoms with E-state index in [4.69, 9.17) is 0 Å². The lowest BCUT2D eigenvalue weighted by atomic mass is 10.1. The first-order valence-electron chi connectivity index (χ1n) is 9.22. The third kappa shape index (κ3) is 4.97. The van der Waals surface area contributed by atoms with Crippen molar-refractivity contribution in [2.24, 2.45) is 4.99 Å². The summed E-state index contributed by atoms with van der Waals surface area (Å²) in [6.45, 7) is 3.79. The number of nitrogens with zero attached hydrogens (tertiary/aromatic N) is 4. The Balaban J connectivity index is 1.53. The molecule has 0 atom stereocenters. The predicted octanol–water partition coefficient (Wildman–Crippen LogP) is 3.43. The second-order valence-corrected chi connectivity index (χ2v) is 6.64. The summed E-state index contributed by atoms with van der Waals surface area (Å²) in [6.07, 6.45) is 4.90. The summed E-state index contributed by atoms with van der Waals surface area (Å²) in [5, 5.41) is 7.90. The minimum atomic E-state index is 0.811. The minimum absolute atomic E-state index is 0.811. The van der Waals surface area contributed by atoms with Crippen molar-refractivity contribution >= 4 is 5.96 Å². The van der Waals surface area contributed by atoms with Gasteiger partial charge in [0.05, 0.1) is 11.9 Å². The van der Waals surface area contributed by atoms with Gasteiger partial charge in [-0.3, -0.25) is 4.99 Å². The lowest BCUT2D eigenvalue weighted by Crippen LogP contribution is -2.39. The molecule has 0 radical (unpaired) electrons. The van der Waals surface area contributed by atoms with Crippen molar-refractivity contribution in [1.82, 2.24) is 20.0 Å². The van der Waals surface area contributed by atoms with E-state index >= 15 is 0 Å². The number of hydrogen-bond acceptors (Lipinski definition) is 2. The number of aromatic nitrogens is 2. The van der Waals surface area contributed by atoms with Crippen LogP contribution in [-0.4, -0.2) is 41.3 Å². The van der Waals surface area contributed by atoms with Crippen LogP contribution in [0.1, 0.15) is 16.7 Å². The molecule has 27 heavy (non-hydrogen) atoms. The lowest BCUT2D eigenvalue weighted by molar-refractivity contribution is 0.476. The van der Waals surface area contributed by atoms with Gasteiger partial charge in [-0.2, -0.15) is 5.10 Å². The molecule has 0 aliphatic carbocycles. The van der Waals surface area contributed by atoms with Gasteiger partial charge in [-0.05, 0) is 42.2 Å². The molecule has 0 unspecified atom stereocenters. The van der Waals surface area contributed by atoms with E-state index in [1.54, 1.807) is 0 Å². The van der Waals surface area contributed by atoms with Crippen LogP contribution in [0.15, 0.2) is 72.0 Å². The van der Waals surface area contributed by atoms with Crippen molar-refractivity contribution in [2.45, 2.75) is 19.9 Å². The van der Waals surface area contributed by atoms with Crippen LogP contribution in [0.25, 0.3) is 5.69 Å². The van der Waals surface area contributed by atoms with E-state index < -0.39 is 0 Å². The smallest absolute Gasteiger partial charge is 0.193 e. The predicted molar refractivity (Wildman–Crippen MR) is 111 cm³/mol. The summed E-state index contributed by atoms with van der Waals surface area (Å²) in [5.74, 6) is 0.897. The zero-order valence-corrected chi connectivity index (χ0v) is 16.3. The van der Waals surface area contributed by atoms with Crippen molar-refractivity contribution in [2.75, 3.05) is 20.6 Å². The molecule has 0 bridgehead atoms. The van der Waals surface area contributed by atoms with E-state index in [2.05, 4.69) is 76.9 Å². The monoisotopic (exact) mass is 361 g/mol. The molecule has 5 nitrogen and oxygen atoms in total. The Kier molecular flexibility index (Phi) is 6.26. The van der Waals surface area contributed by atoms with Crippen LogP contribution in [0.5, 0.6) is 0 Å². The van der Waals surface area contributed by atoms with Gasteiger partial charge in [0.25, 0.3) is 0 Å². The highest BCUT2D eigenvalue weighted by Gasteiger charge is 2.08. The molecule has 5 heteroatoms. The van der Waals surface area contributed by atoms with Crippen LogP contribution < -0.4 is 5.32 Å². The summed E-state index contributed by atoms with van der Waals surface area (Å²) >= 11 is 0. The Morgan fingerprint density at radius 3 is 2.59 bits per heavy atom. The molecule has 1 aromatic heterocycles. The van der Waals surface area contributed by atoms with Crippen LogP contribution >= 0.6 is 0 Å². The van der Waals surface area contributed by atoms with Gasteiger partial charge in [0.15, 0.2) is 5.96 Å². The highest BCUT2D eigenvalue weighted by atomic mass is 15.3. The zero-order chi connectivity index (χ0) is 19.1. The standard InChI is InChI=1S/C22H27N5/c1-18-9-7-8-10-20(18)17-26(3)22(23-2)24-14-13-19-15-25-27(16-19)21-11-5-4-6-12-21/h4-12,15-16H,13-14,17H2,1-3H3,(H,23,24). The number of benzene rings is 2. The maximum atomic E-state index is 4.45. The van der Waals surface area contributed by atoms with Gasteiger partial charge in [-0.25, -0.2) is 4.68 Å². The first-order chi connectivity index (χ1) is 13.2. The molecule has 0 amide bonds. The molecule has 3 aromatic rings. The van der Waals surface area contributed by atoms with Crippen molar-refractivity contribution in [3.63, 3.8) is 0 Å². The fraction of sp³-hybridized carbons (Fsp3) is 0.273. The van der Waals surface area contributed by atoms with E-state index in [0.717, 1.165) is 31.2 Å². The first-order valence-corrected chi connectivity index (χ1v) is 9.22. The number of guanidine groups is 1. The zero-order valence-electron chi connectivity index (χ0n) is 16.3. The molecule has 0 spiro atoms. The molecule has 1 heterocycles. The number of aliphatic imine (C=N–C) groups is 1. The van der Waals surface area contributed by atoms with Gasteiger partial charge < -0.3 is 10.2 Å². The largest absolute Gasteiger partial charge is 0.356 e. The third-order valence-corrected chi connectivity index (χ3v) is 4.60. The highest BCUT2D eigenvalue weighted by molar-refractivity contribution is 5.79. The minimum Gasteiger partial charge on any atom is -0.356 e. The Bertz CT molecular complexity index is 882. The number of aryl methyl sites for hydroxylation is 1. The molecule has 0 aliphatic heterocycles. The number of nitrogens with one attached hydrogen (secondary N) is 1. The molecule has 3 rings (SSSR count). The second kappa shape index (κ2) is 9.03. The van der Waals surface area contributed by atoms with Gasteiger partial charge in [0, 0.05) is 33.4 Å². The van der Waals surface area contributed by atoms with Crippen LogP contribution in [0.2, 0.25) is 0 Å². The summed E-state index contributed by atoms with van der Waals surface area (Å²) in [5.41, 5.74) is 4.88. The maximum absolute atomic E-state index is 4.45. The quantitative estimate of drug-likeness (QED) is 0.540. The third-order valence-electron chi connectivity index (χ3n) is 4.60. The molecule has 0 fully saturated rings. The van der Waals surface area contributed by atoms with Crippen molar-refractivity contribution in [3.8, 4) is 5.69 Å². The molecular formula is C22H27N5. The number of hydrogen-bond donors (Lipinski definition) is 1. The fourth-order valence-corrected chi connectivity index (χ4v) is 3.03. The van der Waals surface area contributed by atoms with E-state index in [0.29, 0.717) is 0 Å². The van der Waals surface area contributed by atoms with Crippen LogP contribution in [0.4, 0.5) is 0 Å². The van der Waals surface area contributed by atoms with Crippen LogP contribution in [0.3, 0.4) is 0 Å². The highest BCUT2D eigenvalue weighted by Crippen LogP contribution is 2.10. The summed E-state index contributed by atoms with van der Waals surface area (Å²) < 4.78 is 1.91. The Morgan fingerprint density at radius 1 is 1.11 bits per heavy atom. The molecule has 0 saturated carbocycles. The van der Waals surface area contributed by atoms with E-state index in [1.165, 1.54) is 16.7 Å². The summed E-state index contributed by atoms with van der Waals surface area (Å²) in [6, 6.07) is 18.6. The van der Waals surface area contributed by atoms with Gasteiger partial charge in [0.1, 0.15) is 0 Å². The molecule has 2 aromatic carbocycles. The van der Waals surface area contributed by atoms with E-state index in [1.807, 2.05) is 36.1 Å². The lowest BCUT2D eigenvalue weighted by Gasteiger charge is -2.23. The van der Waals surface area contributed by atoms with E-state index in [-0.39, 0.29) is 0 Å². The van der Waals surface area contributed by atoms with Gasteiger partial charge in [-0.1, -0.05) is 42.5 Å². The fourth-order valence-electron chi connectivity index (χ4n) is 3.03. The molecule has 140 valence electrons. The second-order valence-electron chi connectivity index (χ2n) is 6.64.